The molecule has 1 aromatic rings. The molecule has 1 rings (SSSR count). The van der Waals surface area contributed by atoms with Gasteiger partial charge in [-0.1, -0.05) is 0 Å². The lowest BCUT2D eigenvalue weighted by atomic mass is 10.3. The largest absolute Gasteiger partial charge is 0.473 e. The van der Waals surface area contributed by atoms with Crippen LogP contribution >= 0.6 is 0 Å². The molecule has 0 fully saturated rings. The molecule has 0 unspecified atom stereocenters. The van der Waals surface area contributed by atoms with Crippen LogP contribution in [0.5, 0.6) is 5.88 Å². The molecule has 0 atom stereocenters. The molecule has 1 aromatic heterocycles. The molecule has 18 heavy (non-hydrogen) atoms. The van der Waals surface area contributed by atoms with Gasteiger partial charge in [0.1, 0.15) is 5.82 Å². The summed E-state index contributed by atoms with van der Waals surface area (Å²) in [4.78, 5) is 6.55. The molecule has 0 aliphatic heterocycles. The molecule has 0 aliphatic rings. The van der Waals surface area contributed by atoms with Crippen LogP contribution in [0.3, 0.4) is 0 Å². The van der Waals surface area contributed by atoms with Crippen LogP contribution in [-0.4, -0.2) is 38.3 Å². The summed E-state index contributed by atoms with van der Waals surface area (Å²) in [6, 6.07) is 3.76. The number of nitrogens with two attached hydrogens (primary N) is 1. The van der Waals surface area contributed by atoms with Gasteiger partial charge >= 0.3 is 0 Å². The third kappa shape index (κ3) is 4.41. The number of ether oxygens (including phenoxy) is 1. The second-order valence-electron chi connectivity index (χ2n) is 4.61. The Labute approximate surface area is 109 Å². The van der Waals surface area contributed by atoms with Crippen molar-refractivity contribution in [2.75, 3.05) is 37.8 Å². The number of anilines is 2. The molecule has 1 heterocycles. The van der Waals surface area contributed by atoms with Gasteiger partial charge in [0.25, 0.3) is 0 Å². The van der Waals surface area contributed by atoms with Crippen molar-refractivity contribution in [3.05, 3.63) is 12.1 Å². The molecule has 3 N–H and O–H groups in total. The van der Waals surface area contributed by atoms with Gasteiger partial charge in [0.15, 0.2) is 0 Å². The van der Waals surface area contributed by atoms with Crippen LogP contribution in [0.25, 0.3) is 0 Å². The van der Waals surface area contributed by atoms with Gasteiger partial charge in [0.2, 0.25) is 5.88 Å². The zero-order valence-corrected chi connectivity index (χ0v) is 11.7. The molecule has 0 saturated carbocycles. The van der Waals surface area contributed by atoms with Crippen LogP contribution in [0.1, 0.15) is 20.3 Å². The van der Waals surface area contributed by atoms with E-state index in [2.05, 4.69) is 15.2 Å². The standard InChI is InChI=1S/C13H24N4O/c1-10(2)18-13-11(14)6-7-12(16-13)17(4)9-5-8-15-3/h6-7,10,15H,5,8-9,14H2,1-4H3. The van der Waals surface area contributed by atoms with Gasteiger partial charge in [0, 0.05) is 13.6 Å². The Morgan fingerprint density at radius 2 is 2.17 bits per heavy atom. The highest BCUT2D eigenvalue weighted by Gasteiger charge is 2.09. The second kappa shape index (κ2) is 7.06. The van der Waals surface area contributed by atoms with Crippen molar-refractivity contribution in [2.45, 2.75) is 26.4 Å². The first-order valence-electron chi connectivity index (χ1n) is 6.33. The van der Waals surface area contributed by atoms with Gasteiger partial charge in [-0.2, -0.15) is 4.98 Å². The average molecular weight is 252 g/mol. The lowest BCUT2D eigenvalue weighted by Gasteiger charge is -2.20. The van der Waals surface area contributed by atoms with Crippen LogP contribution in [0.4, 0.5) is 11.5 Å². The summed E-state index contributed by atoms with van der Waals surface area (Å²) in [6.45, 7) is 5.86. The first kappa shape index (κ1) is 14.6. The van der Waals surface area contributed by atoms with Gasteiger partial charge in [-0.05, 0) is 46.0 Å². The van der Waals surface area contributed by atoms with Crippen molar-refractivity contribution in [3.63, 3.8) is 0 Å². The van der Waals surface area contributed by atoms with Crippen molar-refractivity contribution in [1.82, 2.24) is 10.3 Å². The summed E-state index contributed by atoms with van der Waals surface area (Å²) in [7, 11) is 3.98. The smallest absolute Gasteiger partial charge is 0.239 e. The summed E-state index contributed by atoms with van der Waals surface area (Å²) in [5, 5.41) is 3.13. The molecule has 0 spiro atoms. The first-order valence-corrected chi connectivity index (χ1v) is 6.33. The Kier molecular flexibility index (Phi) is 5.71. The molecule has 0 amide bonds. The van der Waals surface area contributed by atoms with Gasteiger partial charge in [-0.25, -0.2) is 0 Å². The molecule has 0 radical (unpaired) electrons. The number of rotatable bonds is 7. The first-order chi connectivity index (χ1) is 8.54. The minimum Gasteiger partial charge on any atom is -0.473 e. The van der Waals surface area contributed by atoms with Crippen molar-refractivity contribution < 1.29 is 4.74 Å². The number of nitrogens with one attached hydrogen (secondary N) is 1. The van der Waals surface area contributed by atoms with Gasteiger partial charge < -0.3 is 20.7 Å². The molecule has 0 bridgehead atoms. The summed E-state index contributed by atoms with van der Waals surface area (Å²) in [5.41, 5.74) is 6.42. The predicted octanol–water partition coefficient (Wildman–Crippen LogP) is 1.50. The van der Waals surface area contributed by atoms with E-state index < -0.39 is 0 Å². The lowest BCUT2D eigenvalue weighted by molar-refractivity contribution is 0.234. The minimum atomic E-state index is 0.0737. The second-order valence-corrected chi connectivity index (χ2v) is 4.61. The lowest BCUT2D eigenvalue weighted by Crippen LogP contribution is -2.23. The van der Waals surface area contributed by atoms with Crippen LogP contribution in [0, 0.1) is 0 Å². The topological polar surface area (TPSA) is 63.4 Å². The summed E-state index contributed by atoms with van der Waals surface area (Å²) in [6.07, 6.45) is 1.14. The SMILES string of the molecule is CNCCCN(C)c1ccc(N)c(OC(C)C)n1. The number of pyridine rings is 1. The van der Waals surface area contributed by atoms with E-state index >= 15 is 0 Å². The highest BCUT2D eigenvalue weighted by Crippen LogP contribution is 2.23. The Balaban J connectivity index is 2.70. The maximum atomic E-state index is 5.84. The fourth-order valence-electron chi connectivity index (χ4n) is 1.58. The van der Waals surface area contributed by atoms with Gasteiger partial charge in [0.05, 0.1) is 11.8 Å². The third-order valence-corrected chi connectivity index (χ3v) is 2.53. The Hall–Kier alpha value is -1.49. The maximum absolute atomic E-state index is 5.84. The monoisotopic (exact) mass is 252 g/mol. The highest BCUT2D eigenvalue weighted by molar-refractivity contribution is 5.54. The summed E-state index contributed by atoms with van der Waals surface area (Å²) in [5.74, 6) is 1.40. The zero-order chi connectivity index (χ0) is 13.5. The highest BCUT2D eigenvalue weighted by atomic mass is 16.5. The maximum Gasteiger partial charge on any atom is 0.239 e. The van der Waals surface area contributed by atoms with Crippen LogP contribution in [-0.2, 0) is 0 Å². The van der Waals surface area contributed by atoms with E-state index in [1.165, 1.54) is 0 Å². The Bertz CT molecular complexity index is 368. The van der Waals surface area contributed by atoms with E-state index in [1.807, 2.05) is 40.1 Å². The van der Waals surface area contributed by atoms with Crippen molar-refractivity contribution in [1.29, 1.82) is 0 Å². The summed E-state index contributed by atoms with van der Waals surface area (Å²) < 4.78 is 5.59. The number of hydrogen-bond donors (Lipinski definition) is 2. The molecule has 0 saturated heterocycles. The van der Waals surface area contributed by atoms with E-state index in [1.54, 1.807) is 0 Å². The number of hydrogen-bond acceptors (Lipinski definition) is 5. The normalized spacial score (nSPS) is 10.7. The fourth-order valence-corrected chi connectivity index (χ4v) is 1.58. The number of aromatic nitrogens is 1. The van der Waals surface area contributed by atoms with Crippen molar-refractivity contribution in [3.8, 4) is 5.88 Å². The molecule has 0 aliphatic carbocycles. The van der Waals surface area contributed by atoms with Gasteiger partial charge in [-0.15, -0.1) is 0 Å². The van der Waals surface area contributed by atoms with E-state index in [4.69, 9.17) is 10.5 Å². The molecular formula is C13H24N4O. The number of nitrogens with zero attached hydrogens (tertiary/aromatic N) is 2. The quantitative estimate of drug-likeness (QED) is 0.720. The predicted molar refractivity (Wildman–Crippen MR) is 76.2 cm³/mol. The minimum absolute atomic E-state index is 0.0737. The van der Waals surface area contributed by atoms with Crippen molar-refractivity contribution in [2.24, 2.45) is 0 Å². The van der Waals surface area contributed by atoms with Crippen LogP contribution in [0.2, 0.25) is 0 Å². The van der Waals surface area contributed by atoms with E-state index in [0.29, 0.717) is 11.6 Å². The molecular weight excluding hydrogens is 228 g/mol. The average Bonchev–Trinajstić information content (AvgIpc) is 2.31. The molecule has 0 aromatic carbocycles. The Morgan fingerprint density at radius 3 is 2.78 bits per heavy atom. The third-order valence-electron chi connectivity index (χ3n) is 2.53. The van der Waals surface area contributed by atoms with E-state index in [-0.39, 0.29) is 6.10 Å². The van der Waals surface area contributed by atoms with Crippen molar-refractivity contribution >= 4 is 11.5 Å². The van der Waals surface area contributed by atoms with Crippen LogP contribution < -0.4 is 20.7 Å². The van der Waals surface area contributed by atoms with Gasteiger partial charge in [-0.3, -0.25) is 0 Å². The van der Waals surface area contributed by atoms with Crippen LogP contribution in [0.15, 0.2) is 12.1 Å². The van der Waals surface area contributed by atoms with E-state index in [0.717, 1.165) is 25.3 Å². The Morgan fingerprint density at radius 1 is 1.44 bits per heavy atom. The number of nitrogen functional groups attached to an aromatic ring is 1. The molecule has 5 nitrogen and oxygen atoms in total. The fraction of sp³-hybridized carbons (Fsp3) is 0.615. The molecule has 102 valence electrons. The molecule has 5 heteroatoms. The summed E-state index contributed by atoms with van der Waals surface area (Å²) >= 11 is 0. The van der Waals surface area contributed by atoms with E-state index in [9.17, 15) is 0 Å². The zero-order valence-electron chi connectivity index (χ0n) is 11.7.